The summed E-state index contributed by atoms with van der Waals surface area (Å²) < 4.78 is 6.24. The van der Waals surface area contributed by atoms with Crippen LogP contribution in [-0.2, 0) is 20.9 Å². The Hall–Kier alpha value is -2.09. The van der Waals surface area contributed by atoms with E-state index in [4.69, 9.17) is 16.3 Å². The largest absolute Gasteiger partial charge is 0.375 e. The molecule has 8 heteroatoms. The van der Waals surface area contributed by atoms with Crippen LogP contribution in [0.3, 0.4) is 0 Å². The van der Waals surface area contributed by atoms with Crippen molar-refractivity contribution in [2.24, 2.45) is 10.8 Å². The first-order chi connectivity index (χ1) is 18.9. The number of carbonyl (C=O) groups is 2. The van der Waals surface area contributed by atoms with E-state index in [2.05, 4.69) is 107 Å². The van der Waals surface area contributed by atoms with Gasteiger partial charge >= 0.3 is 0 Å². The van der Waals surface area contributed by atoms with E-state index in [1.54, 1.807) is 0 Å². The van der Waals surface area contributed by atoms with Crippen molar-refractivity contribution >= 4 is 29.1 Å². The SMILES string of the molecule is C=CC(=O)NCC(C)(C)CC(C)(C)CC(=O)NCCC(C)(C)OCCC(C)(C)NCc1ccc(N(C)CCCl)cc1. The van der Waals surface area contributed by atoms with Crippen molar-refractivity contribution in [2.75, 3.05) is 44.1 Å². The van der Waals surface area contributed by atoms with Crippen molar-refractivity contribution in [3.63, 3.8) is 0 Å². The van der Waals surface area contributed by atoms with Gasteiger partial charge in [0.2, 0.25) is 11.8 Å². The lowest BCUT2D eigenvalue weighted by Crippen LogP contribution is -2.41. The van der Waals surface area contributed by atoms with Crippen LogP contribution >= 0.6 is 11.6 Å². The van der Waals surface area contributed by atoms with Gasteiger partial charge in [-0.2, -0.15) is 0 Å². The second kappa shape index (κ2) is 16.5. The molecule has 0 atom stereocenters. The molecule has 41 heavy (non-hydrogen) atoms. The van der Waals surface area contributed by atoms with Gasteiger partial charge in [-0.25, -0.2) is 0 Å². The predicted octanol–water partition coefficient (Wildman–Crippen LogP) is 6.06. The Kier molecular flexibility index (Phi) is 14.9. The van der Waals surface area contributed by atoms with Gasteiger partial charge in [-0.1, -0.05) is 46.4 Å². The summed E-state index contributed by atoms with van der Waals surface area (Å²) in [5, 5.41) is 9.60. The maximum atomic E-state index is 12.7. The number of nitrogens with one attached hydrogen (secondary N) is 3. The van der Waals surface area contributed by atoms with Crippen LogP contribution in [0.4, 0.5) is 5.69 Å². The summed E-state index contributed by atoms with van der Waals surface area (Å²) in [6, 6.07) is 8.58. The zero-order chi connectivity index (χ0) is 31.3. The molecule has 0 aliphatic carbocycles. The highest BCUT2D eigenvalue weighted by Gasteiger charge is 2.31. The molecule has 0 spiro atoms. The molecule has 0 saturated carbocycles. The molecule has 0 bridgehead atoms. The number of anilines is 1. The molecule has 2 amide bonds. The monoisotopic (exact) mass is 592 g/mol. The van der Waals surface area contributed by atoms with E-state index in [-0.39, 0.29) is 33.8 Å². The fourth-order valence-electron chi connectivity index (χ4n) is 5.03. The van der Waals surface area contributed by atoms with Crippen LogP contribution < -0.4 is 20.9 Å². The highest BCUT2D eigenvalue weighted by Crippen LogP contribution is 2.35. The van der Waals surface area contributed by atoms with E-state index in [9.17, 15) is 9.59 Å². The Morgan fingerprint density at radius 3 is 2.20 bits per heavy atom. The van der Waals surface area contributed by atoms with Crippen molar-refractivity contribution in [1.29, 1.82) is 0 Å². The van der Waals surface area contributed by atoms with Crippen molar-refractivity contribution < 1.29 is 14.3 Å². The van der Waals surface area contributed by atoms with Crippen molar-refractivity contribution in [3.8, 4) is 0 Å². The molecule has 1 rings (SSSR count). The van der Waals surface area contributed by atoms with Gasteiger partial charge in [-0.15, -0.1) is 11.6 Å². The summed E-state index contributed by atoms with van der Waals surface area (Å²) in [5.74, 6) is 0.478. The summed E-state index contributed by atoms with van der Waals surface area (Å²) in [4.78, 5) is 26.4. The first kappa shape index (κ1) is 36.9. The van der Waals surface area contributed by atoms with Crippen LogP contribution in [0.2, 0.25) is 0 Å². The first-order valence-electron chi connectivity index (χ1n) is 14.8. The molecule has 7 nitrogen and oxygen atoms in total. The van der Waals surface area contributed by atoms with Crippen LogP contribution in [0, 0.1) is 10.8 Å². The molecule has 0 fully saturated rings. The smallest absolute Gasteiger partial charge is 0.243 e. The highest BCUT2D eigenvalue weighted by atomic mass is 35.5. The number of rotatable bonds is 20. The number of amides is 2. The molecular formula is C33H57ClN4O3. The molecule has 0 heterocycles. The highest BCUT2D eigenvalue weighted by molar-refractivity contribution is 6.18. The van der Waals surface area contributed by atoms with Gasteiger partial charge < -0.3 is 25.6 Å². The third kappa shape index (κ3) is 16.2. The summed E-state index contributed by atoms with van der Waals surface area (Å²) in [6.07, 6.45) is 4.12. The second-order valence-corrected chi connectivity index (χ2v) is 14.5. The van der Waals surface area contributed by atoms with E-state index in [1.165, 1.54) is 17.3 Å². The van der Waals surface area contributed by atoms with Crippen LogP contribution in [0.5, 0.6) is 0 Å². The Labute approximate surface area is 255 Å². The Balaban J connectivity index is 2.39. The third-order valence-electron chi connectivity index (χ3n) is 7.36. The molecule has 1 aromatic rings. The quantitative estimate of drug-likeness (QED) is 0.127. The molecule has 0 aliphatic rings. The van der Waals surface area contributed by atoms with Crippen LogP contribution in [-0.4, -0.2) is 62.1 Å². The molecule has 234 valence electrons. The predicted molar refractivity (Wildman–Crippen MR) is 174 cm³/mol. The minimum Gasteiger partial charge on any atom is -0.375 e. The second-order valence-electron chi connectivity index (χ2n) is 14.1. The lowest BCUT2D eigenvalue weighted by molar-refractivity contribution is -0.124. The molecule has 1 aromatic carbocycles. The number of ether oxygens (including phenoxy) is 1. The molecule has 0 unspecified atom stereocenters. The number of halogens is 1. The lowest BCUT2D eigenvalue weighted by Gasteiger charge is -2.35. The van der Waals surface area contributed by atoms with Gasteiger partial charge in [0.05, 0.1) is 5.60 Å². The normalized spacial score (nSPS) is 12.6. The Bertz CT molecular complexity index is 958. The number of carbonyl (C=O) groups excluding carboxylic acids is 2. The minimum absolute atomic E-state index is 0.0424. The number of hydrogen-bond donors (Lipinski definition) is 3. The number of nitrogens with zero attached hydrogens (tertiary/aromatic N) is 1. The molecular weight excluding hydrogens is 536 g/mol. The molecule has 3 N–H and O–H groups in total. The average molecular weight is 593 g/mol. The fraction of sp³-hybridized carbons (Fsp3) is 0.697. The number of hydrogen-bond acceptors (Lipinski definition) is 5. The van der Waals surface area contributed by atoms with Crippen LogP contribution in [0.1, 0.15) is 86.6 Å². The van der Waals surface area contributed by atoms with Gasteiger partial charge in [0, 0.05) is 63.4 Å². The van der Waals surface area contributed by atoms with Crippen LogP contribution in [0.15, 0.2) is 36.9 Å². The van der Waals surface area contributed by atoms with E-state index in [0.717, 1.165) is 32.4 Å². The summed E-state index contributed by atoms with van der Waals surface area (Å²) in [6.45, 7) is 23.8. The summed E-state index contributed by atoms with van der Waals surface area (Å²) >= 11 is 5.85. The van der Waals surface area contributed by atoms with Gasteiger partial charge in [0.15, 0.2) is 0 Å². The zero-order valence-corrected chi connectivity index (χ0v) is 28.0. The Morgan fingerprint density at radius 2 is 1.61 bits per heavy atom. The van der Waals surface area contributed by atoms with Gasteiger partial charge in [0.25, 0.3) is 0 Å². The lowest BCUT2D eigenvalue weighted by atomic mass is 9.73. The third-order valence-corrected chi connectivity index (χ3v) is 7.53. The van der Waals surface area contributed by atoms with Gasteiger partial charge in [-0.05, 0) is 81.6 Å². The number of alkyl halides is 1. The minimum atomic E-state index is -0.338. The fourth-order valence-corrected chi connectivity index (χ4v) is 5.28. The molecule has 0 aliphatic heterocycles. The standard InChI is InChI=1S/C33H57ClN4O3/c1-11-28(39)36-25-31(4,5)24-30(2,3)22-29(40)35-19-16-33(8,9)41-21-17-32(6,7)37-23-26-12-14-27(15-13-26)38(10)20-18-34/h11-15,37H,1,16-25H2,2-10H3,(H,35,40)(H,36,39). The van der Waals surface area contributed by atoms with Crippen LogP contribution in [0.25, 0.3) is 0 Å². The van der Waals surface area contributed by atoms with E-state index in [0.29, 0.717) is 32.0 Å². The number of benzene rings is 1. The van der Waals surface area contributed by atoms with E-state index in [1.807, 2.05) is 7.05 Å². The van der Waals surface area contributed by atoms with Crippen molar-refractivity contribution in [2.45, 2.75) is 98.8 Å². The topological polar surface area (TPSA) is 82.7 Å². The summed E-state index contributed by atoms with van der Waals surface area (Å²) in [7, 11) is 2.05. The van der Waals surface area contributed by atoms with Crippen molar-refractivity contribution in [3.05, 3.63) is 42.5 Å². The maximum Gasteiger partial charge on any atom is 0.243 e. The van der Waals surface area contributed by atoms with Gasteiger partial charge in [0.1, 0.15) is 0 Å². The first-order valence-corrected chi connectivity index (χ1v) is 15.3. The molecule has 0 radical (unpaired) electrons. The molecule has 0 saturated heterocycles. The summed E-state index contributed by atoms with van der Waals surface area (Å²) in [5.41, 5.74) is 1.66. The van der Waals surface area contributed by atoms with Crippen molar-refractivity contribution in [1.82, 2.24) is 16.0 Å². The van der Waals surface area contributed by atoms with E-state index < -0.39 is 0 Å². The van der Waals surface area contributed by atoms with Gasteiger partial charge in [-0.3, -0.25) is 9.59 Å². The molecule has 0 aromatic heterocycles. The zero-order valence-electron chi connectivity index (χ0n) is 27.2. The van der Waals surface area contributed by atoms with E-state index >= 15 is 0 Å². The Morgan fingerprint density at radius 1 is 0.976 bits per heavy atom. The maximum absolute atomic E-state index is 12.7. The average Bonchev–Trinajstić information content (AvgIpc) is 2.85.